The fourth-order valence-electron chi connectivity index (χ4n) is 2.48. The van der Waals surface area contributed by atoms with E-state index in [2.05, 4.69) is 59.0 Å². The summed E-state index contributed by atoms with van der Waals surface area (Å²) in [7, 11) is 0. The van der Waals surface area contributed by atoms with Crippen molar-refractivity contribution in [3.63, 3.8) is 0 Å². The lowest BCUT2D eigenvalue weighted by molar-refractivity contribution is 0.358. The van der Waals surface area contributed by atoms with Gasteiger partial charge in [-0.05, 0) is 41.0 Å². The van der Waals surface area contributed by atoms with Gasteiger partial charge in [-0.1, -0.05) is 47.6 Å². The molecular formula is C17H27NO. The molecule has 106 valence electrons. The van der Waals surface area contributed by atoms with Gasteiger partial charge in [0, 0.05) is 11.6 Å². The summed E-state index contributed by atoms with van der Waals surface area (Å²) >= 11 is 0. The van der Waals surface area contributed by atoms with Crippen LogP contribution in [0.5, 0.6) is 5.75 Å². The van der Waals surface area contributed by atoms with Gasteiger partial charge in [-0.25, -0.2) is 0 Å². The van der Waals surface area contributed by atoms with E-state index in [1.807, 2.05) is 0 Å². The Hall–Kier alpha value is -1.02. The lowest BCUT2D eigenvalue weighted by Crippen LogP contribution is -2.35. The van der Waals surface area contributed by atoms with Crippen LogP contribution in [-0.2, 0) is 10.8 Å². The van der Waals surface area contributed by atoms with Crippen LogP contribution in [0.1, 0.15) is 70.7 Å². The third kappa shape index (κ3) is 2.79. The molecule has 1 aliphatic rings. The predicted molar refractivity (Wildman–Crippen MR) is 80.9 cm³/mol. The lowest BCUT2D eigenvalue weighted by atomic mass is 9.77. The number of rotatable bonds is 1. The van der Waals surface area contributed by atoms with Crippen molar-refractivity contribution in [3.05, 3.63) is 28.8 Å². The zero-order chi connectivity index (χ0) is 14.4. The highest BCUT2D eigenvalue weighted by Gasteiger charge is 2.29. The summed E-state index contributed by atoms with van der Waals surface area (Å²) in [6.07, 6.45) is 1.12. The van der Waals surface area contributed by atoms with E-state index in [0.29, 0.717) is 11.8 Å². The van der Waals surface area contributed by atoms with E-state index in [0.717, 1.165) is 24.1 Å². The van der Waals surface area contributed by atoms with Crippen LogP contribution in [0.4, 0.5) is 0 Å². The van der Waals surface area contributed by atoms with E-state index in [1.165, 1.54) is 5.56 Å². The van der Waals surface area contributed by atoms with Crippen molar-refractivity contribution in [1.82, 2.24) is 5.32 Å². The first kappa shape index (κ1) is 14.4. The van der Waals surface area contributed by atoms with E-state index < -0.39 is 0 Å². The first-order chi connectivity index (χ1) is 8.60. The van der Waals surface area contributed by atoms with Crippen molar-refractivity contribution in [2.45, 2.75) is 64.8 Å². The molecule has 1 aromatic rings. The average Bonchev–Trinajstić information content (AvgIpc) is 2.14. The Bertz CT molecular complexity index is 473. The largest absolute Gasteiger partial charge is 0.507 e. The van der Waals surface area contributed by atoms with Crippen molar-refractivity contribution in [1.29, 1.82) is 0 Å². The van der Waals surface area contributed by atoms with Gasteiger partial charge in [-0.2, -0.15) is 0 Å². The first-order valence-corrected chi connectivity index (χ1v) is 7.22. The van der Waals surface area contributed by atoms with Crippen LogP contribution in [0.25, 0.3) is 0 Å². The highest BCUT2D eigenvalue weighted by atomic mass is 16.3. The van der Waals surface area contributed by atoms with Gasteiger partial charge in [-0.3, -0.25) is 0 Å². The Morgan fingerprint density at radius 3 is 2.00 bits per heavy atom. The molecule has 0 aromatic heterocycles. The standard InChI is InChI=1S/C17H27NO/c1-16(2,3)11-9-12(14-7-8-18-14)15(19)13(10-11)17(4,5)6/h9-10,14,18-19H,7-8H2,1-6H3/t14-/m0/s1. The summed E-state index contributed by atoms with van der Waals surface area (Å²) in [5.41, 5.74) is 3.50. The second-order valence-electron chi connectivity index (χ2n) is 7.76. The fourth-order valence-corrected chi connectivity index (χ4v) is 2.48. The third-order valence-corrected chi connectivity index (χ3v) is 4.01. The van der Waals surface area contributed by atoms with Gasteiger partial charge in [0.2, 0.25) is 0 Å². The van der Waals surface area contributed by atoms with Gasteiger partial charge >= 0.3 is 0 Å². The zero-order valence-corrected chi connectivity index (χ0v) is 13.1. The minimum atomic E-state index is -0.0379. The molecule has 2 heteroatoms. The van der Waals surface area contributed by atoms with Crippen molar-refractivity contribution in [2.24, 2.45) is 0 Å². The molecule has 0 bridgehead atoms. The summed E-state index contributed by atoms with van der Waals surface area (Å²) in [4.78, 5) is 0. The third-order valence-electron chi connectivity index (χ3n) is 4.01. The van der Waals surface area contributed by atoms with Gasteiger partial charge in [0.15, 0.2) is 0 Å². The summed E-state index contributed by atoms with van der Waals surface area (Å²) in [5, 5.41) is 14.0. The van der Waals surface area contributed by atoms with Gasteiger partial charge in [0.05, 0.1) is 0 Å². The molecule has 0 saturated carbocycles. The topological polar surface area (TPSA) is 32.3 Å². The molecular weight excluding hydrogens is 234 g/mol. The Morgan fingerprint density at radius 2 is 1.63 bits per heavy atom. The molecule has 1 aromatic carbocycles. The SMILES string of the molecule is CC(C)(C)c1cc([C@@H]2CCN2)c(O)c(C(C)(C)C)c1. The van der Waals surface area contributed by atoms with E-state index in [1.54, 1.807) is 0 Å². The molecule has 2 nitrogen and oxygen atoms in total. The van der Waals surface area contributed by atoms with Crippen molar-refractivity contribution in [3.8, 4) is 5.75 Å². The molecule has 0 spiro atoms. The molecule has 1 aliphatic heterocycles. The van der Waals surface area contributed by atoms with Gasteiger partial charge < -0.3 is 10.4 Å². The van der Waals surface area contributed by atoms with Gasteiger partial charge in [0.25, 0.3) is 0 Å². The smallest absolute Gasteiger partial charge is 0.124 e. The van der Waals surface area contributed by atoms with E-state index in [-0.39, 0.29) is 10.8 Å². The van der Waals surface area contributed by atoms with Crippen LogP contribution < -0.4 is 5.32 Å². The zero-order valence-electron chi connectivity index (χ0n) is 13.1. The summed E-state index contributed by atoms with van der Waals surface area (Å²) in [6, 6.07) is 4.68. The summed E-state index contributed by atoms with van der Waals surface area (Å²) in [5.74, 6) is 0.484. The molecule has 2 N–H and O–H groups in total. The Labute approximate surface area is 117 Å². The number of hydrogen-bond acceptors (Lipinski definition) is 2. The second-order valence-corrected chi connectivity index (χ2v) is 7.76. The second kappa shape index (κ2) is 4.52. The summed E-state index contributed by atoms with van der Waals surface area (Å²) < 4.78 is 0. The van der Waals surface area contributed by atoms with Crippen LogP contribution in [0.2, 0.25) is 0 Å². The van der Waals surface area contributed by atoms with Crippen LogP contribution in [0.3, 0.4) is 0 Å². The molecule has 0 radical (unpaired) electrons. The highest BCUT2D eigenvalue weighted by Crippen LogP contribution is 2.41. The monoisotopic (exact) mass is 261 g/mol. The first-order valence-electron chi connectivity index (χ1n) is 7.22. The predicted octanol–water partition coefficient (Wildman–Crippen LogP) is 4.02. The number of aromatic hydroxyl groups is 1. The molecule has 1 saturated heterocycles. The van der Waals surface area contributed by atoms with Crippen LogP contribution in [-0.4, -0.2) is 11.7 Å². The number of benzene rings is 1. The minimum Gasteiger partial charge on any atom is -0.507 e. The molecule has 0 amide bonds. The van der Waals surface area contributed by atoms with Crippen molar-refractivity contribution < 1.29 is 5.11 Å². The Balaban J connectivity index is 2.60. The Kier molecular flexibility index (Phi) is 3.42. The maximum Gasteiger partial charge on any atom is 0.124 e. The number of phenols is 1. The van der Waals surface area contributed by atoms with Gasteiger partial charge in [0.1, 0.15) is 5.75 Å². The van der Waals surface area contributed by atoms with E-state index >= 15 is 0 Å². The van der Waals surface area contributed by atoms with Crippen LogP contribution in [0, 0.1) is 0 Å². The normalized spacial score (nSPS) is 20.2. The molecule has 19 heavy (non-hydrogen) atoms. The van der Waals surface area contributed by atoms with E-state index in [9.17, 15) is 5.11 Å². The molecule has 1 heterocycles. The number of phenolic OH excluding ortho intramolecular Hbond substituents is 1. The quantitative estimate of drug-likeness (QED) is 0.800. The van der Waals surface area contributed by atoms with Crippen LogP contribution in [0.15, 0.2) is 12.1 Å². The highest BCUT2D eigenvalue weighted by molar-refractivity contribution is 5.50. The average molecular weight is 261 g/mol. The van der Waals surface area contributed by atoms with Crippen LogP contribution >= 0.6 is 0 Å². The molecule has 1 fully saturated rings. The molecule has 0 unspecified atom stereocenters. The molecule has 2 rings (SSSR count). The fraction of sp³-hybridized carbons (Fsp3) is 0.647. The maximum absolute atomic E-state index is 10.6. The Morgan fingerprint density at radius 1 is 1.05 bits per heavy atom. The lowest BCUT2D eigenvalue weighted by Gasteiger charge is -2.33. The molecule has 0 aliphatic carbocycles. The van der Waals surface area contributed by atoms with E-state index in [4.69, 9.17) is 0 Å². The molecule has 1 atom stereocenters. The van der Waals surface area contributed by atoms with Gasteiger partial charge in [-0.15, -0.1) is 0 Å². The number of hydrogen-bond donors (Lipinski definition) is 2. The minimum absolute atomic E-state index is 0.0379. The maximum atomic E-state index is 10.6. The number of nitrogens with one attached hydrogen (secondary N) is 1. The van der Waals surface area contributed by atoms with Crippen molar-refractivity contribution in [2.75, 3.05) is 6.54 Å². The summed E-state index contributed by atoms with van der Waals surface area (Å²) in [6.45, 7) is 14.2. The van der Waals surface area contributed by atoms with Crippen molar-refractivity contribution >= 4 is 0 Å².